The van der Waals surface area contributed by atoms with E-state index < -0.39 is 0 Å². The monoisotopic (exact) mass is 421 g/mol. The minimum atomic E-state index is -0.224. The van der Waals surface area contributed by atoms with Crippen molar-refractivity contribution in [2.24, 2.45) is 0 Å². The second kappa shape index (κ2) is 8.38. The first-order chi connectivity index (χ1) is 14.6. The number of fused-ring (bicyclic) bond motifs is 1. The highest BCUT2D eigenvalue weighted by atomic mass is 32.1. The van der Waals surface area contributed by atoms with Gasteiger partial charge in [0.2, 0.25) is 4.96 Å². The van der Waals surface area contributed by atoms with E-state index in [1.165, 1.54) is 15.9 Å². The minimum absolute atomic E-state index is 0.224. The average molecular weight is 421 g/mol. The zero-order valence-electron chi connectivity index (χ0n) is 16.5. The molecule has 152 valence electrons. The molecule has 0 radical (unpaired) electrons. The molecule has 0 aliphatic carbocycles. The molecule has 2 aromatic carbocycles. The van der Waals surface area contributed by atoms with Crippen molar-refractivity contribution >= 4 is 22.4 Å². The van der Waals surface area contributed by atoms with Crippen molar-refractivity contribution in [2.75, 3.05) is 20.8 Å². The highest BCUT2D eigenvalue weighted by molar-refractivity contribution is 7.15. The fourth-order valence-electron chi connectivity index (χ4n) is 2.89. The van der Waals surface area contributed by atoms with Crippen LogP contribution in [0.3, 0.4) is 0 Å². The number of hydrogen-bond acceptors (Lipinski definition) is 7. The fraction of sp³-hybridized carbons (Fsp3) is 0.136. The smallest absolute Gasteiger partial charge is 0.291 e. The number of ether oxygens (including phenoxy) is 3. The molecule has 0 N–H and O–H groups in total. The van der Waals surface area contributed by atoms with Crippen LogP contribution in [0.15, 0.2) is 59.9 Å². The summed E-state index contributed by atoms with van der Waals surface area (Å²) in [5, 5.41) is 4.38. The maximum absolute atomic E-state index is 12.8. The summed E-state index contributed by atoms with van der Waals surface area (Å²) < 4.78 is 17.9. The molecule has 0 amide bonds. The lowest BCUT2D eigenvalue weighted by Gasteiger charge is -2.06. The van der Waals surface area contributed by atoms with E-state index in [1.54, 1.807) is 32.4 Å². The van der Waals surface area contributed by atoms with Gasteiger partial charge in [0.05, 0.1) is 18.8 Å². The molecule has 0 spiro atoms. The molecule has 2 heterocycles. The number of nitrogens with zero attached hydrogens (tertiary/aromatic N) is 3. The second-order valence-corrected chi connectivity index (χ2v) is 7.29. The van der Waals surface area contributed by atoms with Crippen molar-refractivity contribution in [3.8, 4) is 28.6 Å². The predicted molar refractivity (Wildman–Crippen MR) is 117 cm³/mol. The number of thiazole rings is 1. The summed E-state index contributed by atoms with van der Waals surface area (Å²) in [6, 6.07) is 12.8. The quantitative estimate of drug-likeness (QED) is 0.427. The first-order valence-electron chi connectivity index (χ1n) is 9.10. The molecule has 0 bridgehead atoms. The molecule has 4 aromatic rings. The van der Waals surface area contributed by atoms with Crippen molar-refractivity contribution in [1.29, 1.82) is 0 Å². The Labute approximate surface area is 176 Å². The van der Waals surface area contributed by atoms with Gasteiger partial charge in [0, 0.05) is 17.2 Å². The van der Waals surface area contributed by atoms with Crippen LogP contribution in [-0.4, -0.2) is 35.4 Å². The van der Waals surface area contributed by atoms with Gasteiger partial charge in [-0.05, 0) is 42.5 Å². The van der Waals surface area contributed by atoms with Gasteiger partial charge in [0.1, 0.15) is 23.9 Å². The van der Waals surface area contributed by atoms with Gasteiger partial charge in [-0.3, -0.25) is 4.79 Å². The van der Waals surface area contributed by atoms with Crippen LogP contribution in [0.1, 0.15) is 5.56 Å². The zero-order valence-corrected chi connectivity index (χ0v) is 17.3. The molecule has 30 heavy (non-hydrogen) atoms. The van der Waals surface area contributed by atoms with E-state index >= 15 is 0 Å². The molecule has 0 atom stereocenters. The summed E-state index contributed by atoms with van der Waals surface area (Å²) in [6.07, 6.45) is 3.46. The van der Waals surface area contributed by atoms with E-state index in [4.69, 9.17) is 14.2 Å². The van der Waals surface area contributed by atoms with Crippen molar-refractivity contribution in [1.82, 2.24) is 14.6 Å². The number of hydrogen-bond donors (Lipinski definition) is 0. The predicted octanol–water partition coefficient (Wildman–Crippen LogP) is 2.95. The third kappa shape index (κ3) is 3.77. The van der Waals surface area contributed by atoms with E-state index in [9.17, 15) is 4.79 Å². The minimum Gasteiger partial charge on any atom is -0.497 e. The summed E-state index contributed by atoms with van der Waals surface area (Å²) in [4.78, 5) is 17.9. The Bertz CT molecular complexity index is 1310. The summed E-state index contributed by atoms with van der Waals surface area (Å²) in [6.45, 7) is 4.07. The molecule has 0 saturated carbocycles. The van der Waals surface area contributed by atoms with Crippen molar-refractivity contribution < 1.29 is 14.2 Å². The van der Waals surface area contributed by atoms with E-state index in [0.717, 1.165) is 16.9 Å². The lowest BCUT2D eigenvalue weighted by atomic mass is 10.2. The summed E-state index contributed by atoms with van der Waals surface area (Å²) in [7, 11) is 3.17. The number of rotatable bonds is 7. The summed E-state index contributed by atoms with van der Waals surface area (Å²) in [5.74, 6) is 2.52. The lowest BCUT2D eigenvalue weighted by Crippen LogP contribution is -2.23. The molecule has 8 heteroatoms. The third-order valence-corrected chi connectivity index (χ3v) is 5.35. The molecule has 0 aliphatic heterocycles. The first-order valence-corrected chi connectivity index (χ1v) is 9.92. The van der Waals surface area contributed by atoms with Crippen LogP contribution < -0.4 is 24.3 Å². The SMILES string of the molecule is C=CCOc1ccc(-c2nc3s/c(=C/c4ccc(OC)cc4OC)c(=O)n3n2)cc1. The maximum atomic E-state index is 12.8. The van der Waals surface area contributed by atoms with Crippen LogP contribution in [0.2, 0.25) is 0 Å². The second-order valence-electron chi connectivity index (χ2n) is 6.28. The third-order valence-electron chi connectivity index (χ3n) is 4.39. The Kier molecular flexibility index (Phi) is 5.49. The number of methoxy groups -OCH3 is 2. The van der Waals surface area contributed by atoms with Gasteiger partial charge in [-0.25, -0.2) is 0 Å². The molecule has 0 fully saturated rings. The Morgan fingerprint density at radius 2 is 1.87 bits per heavy atom. The molecule has 0 aliphatic rings. The van der Waals surface area contributed by atoms with Crippen molar-refractivity contribution in [3.63, 3.8) is 0 Å². The molecule has 0 saturated heterocycles. The first kappa shape index (κ1) is 19.7. The lowest BCUT2D eigenvalue weighted by molar-refractivity contribution is 0.363. The van der Waals surface area contributed by atoms with Crippen LogP contribution in [0.5, 0.6) is 17.2 Å². The van der Waals surface area contributed by atoms with Crippen LogP contribution in [0, 0.1) is 0 Å². The van der Waals surface area contributed by atoms with Crippen LogP contribution in [0.4, 0.5) is 0 Å². The maximum Gasteiger partial charge on any atom is 0.291 e. The molecular weight excluding hydrogens is 402 g/mol. The van der Waals surface area contributed by atoms with Gasteiger partial charge in [-0.15, -0.1) is 5.10 Å². The number of aromatic nitrogens is 3. The average Bonchev–Trinajstić information content (AvgIpc) is 3.32. The summed E-state index contributed by atoms with van der Waals surface area (Å²) >= 11 is 1.28. The van der Waals surface area contributed by atoms with E-state index in [2.05, 4.69) is 16.7 Å². The van der Waals surface area contributed by atoms with Gasteiger partial charge in [-0.2, -0.15) is 9.50 Å². The van der Waals surface area contributed by atoms with Crippen LogP contribution in [0.25, 0.3) is 22.4 Å². The van der Waals surface area contributed by atoms with Gasteiger partial charge < -0.3 is 14.2 Å². The van der Waals surface area contributed by atoms with E-state index in [1.807, 2.05) is 36.4 Å². The van der Waals surface area contributed by atoms with E-state index in [-0.39, 0.29) is 5.56 Å². The Morgan fingerprint density at radius 1 is 1.10 bits per heavy atom. The van der Waals surface area contributed by atoms with Crippen LogP contribution in [-0.2, 0) is 0 Å². The van der Waals surface area contributed by atoms with Crippen molar-refractivity contribution in [2.45, 2.75) is 0 Å². The van der Waals surface area contributed by atoms with Gasteiger partial charge in [0.25, 0.3) is 5.56 Å². The molecule has 0 unspecified atom stereocenters. The van der Waals surface area contributed by atoms with Gasteiger partial charge in [-0.1, -0.05) is 24.0 Å². The summed E-state index contributed by atoms with van der Waals surface area (Å²) in [5.41, 5.74) is 1.35. The largest absolute Gasteiger partial charge is 0.497 e. The molecule has 4 rings (SSSR count). The number of benzene rings is 2. The Morgan fingerprint density at radius 3 is 2.53 bits per heavy atom. The van der Waals surface area contributed by atoms with E-state index in [0.29, 0.717) is 33.4 Å². The standard InChI is InChI=1S/C22H19N3O4S/c1-4-11-29-16-8-5-14(6-9-16)20-23-22-25(24-20)21(26)19(30-22)12-15-7-10-17(27-2)13-18(15)28-3/h4-10,12-13H,1,11H2,2-3H3/b19-12+. The molecule has 2 aromatic heterocycles. The fourth-order valence-corrected chi connectivity index (χ4v) is 3.79. The Hall–Kier alpha value is -3.65. The topological polar surface area (TPSA) is 75.0 Å². The highest BCUT2D eigenvalue weighted by Crippen LogP contribution is 2.25. The van der Waals surface area contributed by atoms with Crippen molar-refractivity contribution in [3.05, 3.63) is 75.6 Å². The molecular formula is C22H19N3O4S. The van der Waals surface area contributed by atoms with Gasteiger partial charge in [0.15, 0.2) is 5.82 Å². The zero-order chi connectivity index (χ0) is 21.1. The Balaban J connectivity index is 1.68. The van der Waals surface area contributed by atoms with Crippen LogP contribution >= 0.6 is 11.3 Å². The normalized spacial score (nSPS) is 11.6. The highest BCUT2D eigenvalue weighted by Gasteiger charge is 2.13. The molecule has 7 nitrogen and oxygen atoms in total. The van der Waals surface area contributed by atoms with Gasteiger partial charge >= 0.3 is 0 Å².